The average Bonchev–Trinajstić information content (AvgIpc) is 3.18. The molecule has 0 radical (unpaired) electrons. The van der Waals surface area contributed by atoms with E-state index in [-0.39, 0.29) is 5.97 Å². The summed E-state index contributed by atoms with van der Waals surface area (Å²) < 4.78 is 4.11. The van der Waals surface area contributed by atoms with Gasteiger partial charge in [0, 0.05) is 6.92 Å². The second kappa shape index (κ2) is 20.9. The van der Waals surface area contributed by atoms with Gasteiger partial charge in [0.25, 0.3) is 0 Å². The summed E-state index contributed by atoms with van der Waals surface area (Å²) in [5.74, 6) is -0.245. The number of carbonyl (C=O) groups is 1. The lowest BCUT2D eigenvalue weighted by molar-refractivity contribution is -0.137. The van der Waals surface area contributed by atoms with Crippen LogP contribution >= 0.6 is 0 Å². The van der Waals surface area contributed by atoms with Crippen LogP contribution in [0.2, 0.25) is 0 Å². The third kappa shape index (κ3) is 11.9. The molecular formula is C52H60O2. The summed E-state index contributed by atoms with van der Waals surface area (Å²) in [6.45, 7) is 17.1. The van der Waals surface area contributed by atoms with E-state index in [1.165, 1.54) is 97.5 Å². The molecule has 0 fully saturated rings. The summed E-state index contributed by atoms with van der Waals surface area (Å²) in [5, 5.41) is 0. The summed E-state index contributed by atoms with van der Waals surface area (Å²) >= 11 is 0. The second-order valence-electron chi connectivity index (χ2n) is 14.4. The molecule has 0 aromatic heterocycles. The molecule has 0 aliphatic carbocycles. The molecule has 0 amide bonds. The van der Waals surface area contributed by atoms with E-state index in [1.54, 1.807) is 0 Å². The van der Waals surface area contributed by atoms with Crippen molar-refractivity contribution in [3.05, 3.63) is 211 Å². The van der Waals surface area contributed by atoms with Crippen molar-refractivity contribution in [2.45, 2.75) is 93.9 Å². The maximum absolute atomic E-state index is 9.59. The molecule has 0 saturated heterocycles. The Morgan fingerprint density at radius 2 is 0.648 bits per heavy atom. The number of esters is 1. The van der Waals surface area contributed by atoms with Gasteiger partial charge in [0.1, 0.15) is 0 Å². The number of carbonyl (C=O) groups excluding carboxylic acids is 1. The lowest BCUT2D eigenvalue weighted by Gasteiger charge is -2.17. The topological polar surface area (TPSA) is 26.3 Å². The first-order valence-electron chi connectivity index (χ1n) is 19.5. The Morgan fingerprint density at radius 1 is 0.407 bits per heavy atom. The van der Waals surface area contributed by atoms with Gasteiger partial charge in [-0.25, -0.2) is 0 Å². The summed E-state index contributed by atoms with van der Waals surface area (Å²) in [7, 11) is 1.35. The van der Waals surface area contributed by atoms with Crippen molar-refractivity contribution < 1.29 is 9.53 Å². The highest BCUT2D eigenvalue weighted by atomic mass is 16.5. The van der Waals surface area contributed by atoms with Crippen LogP contribution in [0.1, 0.15) is 104 Å². The molecule has 0 aliphatic heterocycles. The van der Waals surface area contributed by atoms with Crippen molar-refractivity contribution >= 4 is 5.97 Å². The molecule has 2 heteroatoms. The molecule has 0 saturated carbocycles. The summed E-state index contributed by atoms with van der Waals surface area (Å²) in [4.78, 5) is 9.59. The van der Waals surface area contributed by atoms with Gasteiger partial charge in [0.05, 0.1) is 7.11 Å². The zero-order valence-electron chi connectivity index (χ0n) is 34.2. The van der Waals surface area contributed by atoms with E-state index in [0.29, 0.717) is 0 Å². The predicted molar refractivity (Wildman–Crippen MR) is 230 cm³/mol. The van der Waals surface area contributed by atoms with E-state index in [0.717, 1.165) is 38.5 Å². The molecule has 0 bridgehead atoms. The van der Waals surface area contributed by atoms with Gasteiger partial charge >= 0.3 is 5.97 Å². The molecule has 2 nitrogen and oxygen atoms in total. The lowest BCUT2D eigenvalue weighted by atomic mass is 9.88. The first-order valence-corrected chi connectivity index (χ1v) is 19.5. The van der Waals surface area contributed by atoms with E-state index >= 15 is 0 Å². The second-order valence-corrected chi connectivity index (χ2v) is 14.4. The smallest absolute Gasteiger partial charge is 0.302 e. The van der Waals surface area contributed by atoms with E-state index in [2.05, 4.69) is 181 Å². The third-order valence-electron chi connectivity index (χ3n) is 10.8. The standard InChI is InChI=1S/C39H40.C10H14.C3H6O2/c1-27-13-6-8-15-32(27)23-34-17-10-19-36(29(34)3)25-38-21-12-22-39(31(38)5)26-37-20-11-18-35(30(37)4)24-33-16-9-7-14-28(33)2;1-3-9-5-7-10(4-2)8-6-9;1-3(4)5-2/h6-22H,23-26H2,1-5H3;5-8H,3-4H2,1-2H3;1-2H3. The average molecular weight is 717 g/mol. The normalized spacial score (nSPS) is 10.5. The van der Waals surface area contributed by atoms with Crippen molar-refractivity contribution in [1.82, 2.24) is 0 Å². The van der Waals surface area contributed by atoms with Gasteiger partial charge in [-0.2, -0.15) is 0 Å². The van der Waals surface area contributed by atoms with Crippen LogP contribution in [-0.2, 0) is 48.1 Å². The molecule has 0 heterocycles. The largest absolute Gasteiger partial charge is 0.469 e. The van der Waals surface area contributed by atoms with Crippen LogP contribution in [0, 0.1) is 34.6 Å². The SMILES string of the molecule is CCc1ccc(CC)cc1.COC(C)=O.Cc1ccccc1Cc1cccc(Cc2cccc(Cc3cccc(Cc4ccccc4C)c3C)c2C)c1C. The van der Waals surface area contributed by atoms with Crippen LogP contribution in [0.25, 0.3) is 0 Å². The first kappa shape index (κ1) is 41.5. The molecular weight excluding hydrogens is 657 g/mol. The van der Waals surface area contributed by atoms with E-state index in [1.807, 2.05) is 0 Å². The van der Waals surface area contributed by atoms with Gasteiger partial charge < -0.3 is 4.74 Å². The molecule has 0 atom stereocenters. The maximum atomic E-state index is 9.59. The highest BCUT2D eigenvalue weighted by Gasteiger charge is 2.12. The van der Waals surface area contributed by atoms with E-state index < -0.39 is 0 Å². The minimum absolute atomic E-state index is 0.245. The number of aryl methyl sites for hydroxylation is 4. The molecule has 0 unspecified atom stereocenters. The fourth-order valence-corrected chi connectivity index (χ4v) is 6.81. The zero-order chi connectivity index (χ0) is 39.0. The minimum Gasteiger partial charge on any atom is -0.469 e. The molecule has 6 aromatic rings. The molecule has 6 aromatic carbocycles. The van der Waals surface area contributed by atoms with Crippen molar-refractivity contribution in [3.8, 4) is 0 Å². The fraction of sp³-hybridized carbons (Fsp3) is 0.288. The Hall–Kier alpha value is -5.21. The monoisotopic (exact) mass is 716 g/mol. The molecule has 6 rings (SSSR count). The van der Waals surface area contributed by atoms with Crippen molar-refractivity contribution in [3.63, 3.8) is 0 Å². The fourth-order valence-electron chi connectivity index (χ4n) is 6.81. The highest BCUT2D eigenvalue weighted by Crippen LogP contribution is 2.27. The molecule has 0 spiro atoms. The van der Waals surface area contributed by atoms with Crippen molar-refractivity contribution in [1.29, 1.82) is 0 Å². The zero-order valence-corrected chi connectivity index (χ0v) is 34.2. The van der Waals surface area contributed by atoms with Gasteiger partial charge in [0.2, 0.25) is 0 Å². The van der Waals surface area contributed by atoms with Crippen LogP contribution in [-0.4, -0.2) is 13.1 Å². The van der Waals surface area contributed by atoms with E-state index in [9.17, 15) is 4.79 Å². The first-order chi connectivity index (χ1) is 26.0. The highest BCUT2D eigenvalue weighted by molar-refractivity contribution is 5.65. The Morgan fingerprint density at radius 3 is 0.889 bits per heavy atom. The minimum atomic E-state index is -0.245. The van der Waals surface area contributed by atoms with Gasteiger partial charge in [-0.05, 0) is 157 Å². The number of methoxy groups -OCH3 is 1. The van der Waals surface area contributed by atoms with Crippen LogP contribution in [0.15, 0.2) is 127 Å². The van der Waals surface area contributed by atoms with Crippen LogP contribution < -0.4 is 0 Å². The Labute approximate surface area is 326 Å². The summed E-state index contributed by atoms with van der Waals surface area (Å²) in [6.07, 6.45) is 6.21. The molecule has 54 heavy (non-hydrogen) atoms. The predicted octanol–water partition coefficient (Wildman–Crippen LogP) is 12.6. The summed E-state index contributed by atoms with van der Waals surface area (Å²) in [6, 6.07) is 46.9. The van der Waals surface area contributed by atoms with Gasteiger partial charge in [0.15, 0.2) is 0 Å². The molecule has 280 valence electrons. The van der Waals surface area contributed by atoms with Crippen molar-refractivity contribution in [2.75, 3.05) is 7.11 Å². The number of hydrogen-bond donors (Lipinski definition) is 0. The third-order valence-corrected chi connectivity index (χ3v) is 10.8. The number of rotatable bonds is 10. The Balaban J connectivity index is 0.000000362. The quantitative estimate of drug-likeness (QED) is 0.132. The molecule has 0 N–H and O–H groups in total. The summed E-state index contributed by atoms with van der Waals surface area (Å²) in [5.41, 5.74) is 21.2. The van der Waals surface area contributed by atoms with Crippen molar-refractivity contribution in [2.24, 2.45) is 0 Å². The lowest BCUT2D eigenvalue weighted by Crippen LogP contribution is -2.03. The number of hydrogen-bond acceptors (Lipinski definition) is 2. The van der Waals surface area contributed by atoms with Gasteiger partial charge in [-0.3, -0.25) is 4.79 Å². The van der Waals surface area contributed by atoms with Gasteiger partial charge in [-0.15, -0.1) is 0 Å². The maximum Gasteiger partial charge on any atom is 0.302 e. The Kier molecular flexibility index (Phi) is 16.1. The van der Waals surface area contributed by atoms with Crippen LogP contribution in [0.3, 0.4) is 0 Å². The van der Waals surface area contributed by atoms with E-state index in [4.69, 9.17) is 0 Å². The van der Waals surface area contributed by atoms with Gasteiger partial charge in [-0.1, -0.05) is 141 Å². The Bertz CT molecular complexity index is 1960. The molecule has 0 aliphatic rings. The number of benzene rings is 6. The van der Waals surface area contributed by atoms with Crippen LogP contribution in [0.5, 0.6) is 0 Å². The van der Waals surface area contributed by atoms with Crippen LogP contribution in [0.4, 0.5) is 0 Å². The number of ether oxygens (including phenoxy) is 1.